The Bertz CT molecular complexity index is 494. The molecule has 0 bridgehead atoms. The maximum Gasteiger partial charge on any atom is 0.126 e. The predicted octanol–water partition coefficient (Wildman–Crippen LogP) is 2.35. The van der Waals surface area contributed by atoms with Gasteiger partial charge in [-0.15, -0.1) is 0 Å². The standard InChI is InChI=1S/C13H17N3OS/c1-10-6-14-13(15-10)12-8-17-4-3-16(12)7-11-2-5-18-9-11/h2,5-6,9,12H,3-4,7-8H2,1H3,(H,14,15)/t12-/m1/s1. The maximum atomic E-state index is 5.60. The first-order chi connectivity index (χ1) is 8.83. The van der Waals surface area contributed by atoms with Crippen molar-refractivity contribution in [3.05, 3.63) is 40.1 Å². The lowest BCUT2D eigenvalue weighted by atomic mass is 10.2. The van der Waals surface area contributed by atoms with Gasteiger partial charge in [-0.1, -0.05) is 0 Å². The van der Waals surface area contributed by atoms with Crippen molar-refractivity contribution < 1.29 is 4.74 Å². The van der Waals surface area contributed by atoms with Crippen molar-refractivity contribution in [1.29, 1.82) is 0 Å². The number of imidazole rings is 1. The molecule has 18 heavy (non-hydrogen) atoms. The van der Waals surface area contributed by atoms with Crippen LogP contribution in [0.1, 0.15) is 23.1 Å². The Morgan fingerprint density at radius 3 is 3.28 bits per heavy atom. The SMILES string of the molecule is Cc1cnc([C@H]2COCCN2Cc2ccsc2)[nH]1. The highest BCUT2D eigenvalue weighted by Crippen LogP contribution is 2.24. The smallest absolute Gasteiger partial charge is 0.126 e. The molecule has 2 aromatic rings. The van der Waals surface area contributed by atoms with Crippen LogP contribution in [-0.4, -0.2) is 34.6 Å². The van der Waals surface area contributed by atoms with E-state index >= 15 is 0 Å². The number of nitrogens with one attached hydrogen (secondary N) is 1. The number of thiophene rings is 1. The summed E-state index contributed by atoms with van der Waals surface area (Å²) in [7, 11) is 0. The molecule has 0 aliphatic carbocycles. The van der Waals surface area contributed by atoms with Gasteiger partial charge < -0.3 is 9.72 Å². The molecule has 0 radical (unpaired) electrons. The predicted molar refractivity (Wildman–Crippen MR) is 71.6 cm³/mol. The molecule has 1 atom stereocenters. The second-order valence-corrected chi connectivity index (χ2v) is 5.42. The summed E-state index contributed by atoms with van der Waals surface area (Å²) in [5.41, 5.74) is 2.47. The van der Waals surface area contributed by atoms with E-state index in [2.05, 4.69) is 31.7 Å². The highest BCUT2D eigenvalue weighted by molar-refractivity contribution is 7.07. The second-order valence-electron chi connectivity index (χ2n) is 4.64. The number of aryl methyl sites for hydroxylation is 1. The van der Waals surface area contributed by atoms with Crippen molar-refractivity contribution in [2.24, 2.45) is 0 Å². The first-order valence-electron chi connectivity index (χ1n) is 6.17. The van der Waals surface area contributed by atoms with Gasteiger partial charge in [-0.05, 0) is 29.3 Å². The van der Waals surface area contributed by atoms with Crippen LogP contribution in [0.25, 0.3) is 0 Å². The molecule has 3 heterocycles. The number of morpholine rings is 1. The molecule has 1 saturated heterocycles. The van der Waals surface area contributed by atoms with Crippen LogP contribution in [0.5, 0.6) is 0 Å². The summed E-state index contributed by atoms with van der Waals surface area (Å²) in [5, 5.41) is 4.34. The van der Waals surface area contributed by atoms with E-state index < -0.39 is 0 Å². The molecule has 2 aromatic heterocycles. The van der Waals surface area contributed by atoms with Crippen molar-refractivity contribution >= 4 is 11.3 Å². The zero-order valence-electron chi connectivity index (χ0n) is 10.4. The van der Waals surface area contributed by atoms with E-state index in [4.69, 9.17) is 4.74 Å². The largest absolute Gasteiger partial charge is 0.378 e. The molecule has 4 nitrogen and oxygen atoms in total. The van der Waals surface area contributed by atoms with E-state index in [0.29, 0.717) is 0 Å². The minimum atomic E-state index is 0.243. The number of hydrogen-bond acceptors (Lipinski definition) is 4. The van der Waals surface area contributed by atoms with Crippen LogP contribution in [0.4, 0.5) is 0 Å². The monoisotopic (exact) mass is 263 g/mol. The van der Waals surface area contributed by atoms with Crippen LogP contribution >= 0.6 is 11.3 Å². The molecule has 3 rings (SSSR count). The average molecular weight is 263 g/mol. The van der Waals surface area contributed by atoms with Gasteiger partial charge in [0.25, 0.3) is 0 Å². The Labute approximate surface area is 111 Å². The van der Waals surface area contributed by atoms with Crippen molar-refractivity contribution in [3.63, 3.8) is 0 Å². The fraction of sp³-hybridized carbons (Fsp3) is 0.462. The van der Waals surface area contributed by atoms with Gasteiger partial charge in [-0.3, -0.25) is 4.90 Å². The summed E-state index contributed by atoms with van der Waals surface area (Å²) in [6, 6.07) is 2.43. The highest BCUT2D eigenvalue weighted by atomic mass is 32.1. The third-order valence-electron chi connectivity index (χ3n) is 3.24. The van der Waals surface area contributed by atoms with Gasteiger partial charge in [0.05, 0.1) is 19.3 Å². The zero-order chi connectivity index (χ0) is 12.4. The summed E-state index contributed by atoms with van der Waals surface area (Å²) in [6.45, 7) is 5.48. The number of ether oxygens (including phenoxy) is 1. The fourth-order valence-corrected chi connectivity index (χ4v) is 2.96. The molecular weight excluding hydrogens is 246 g/mol. The van der Waals surface area contributed by atoms with Gasteiger partial charge in [0, 0.05) is 25.0 Å². The van der Waals surface area contributed by atoms with Crippen LogP contribution in [0, 0.1) is 6.92 Å². The quantitative estimate of drug-likeness (QED) is 0.924. The summed E-state index contributed by atoms with van der Waals surface area (Å²) in [5.74, 6) is 1.02. The normalized spacial score (nSPS) is 21.3. The molecule has 1 N–H and O–H groups in total. The Balaban J connectivity index is 1.77. The van der Waals surface area contributed by atoms with E-state index in [1.165, 1.54) is 5.56 Å². The molecule has 1 aliphatic heterocycles. The minimum Gasteiger partial charge on any atom is -0.378 e. The minimum absolute atomic E-state index is 0.243. The summed E-state index contributed by atoms with van der Waals surface area (Å²) in [6.07, 6.45) is 1.88. The lowest BCUT2D eigenvalue weighted by Crippen LogP contribution is -2.39. The fourth-order valence-electron chi connectivity index (χ4n) is 2.30. The molecule has 1 aliphatic rings. The molecule has 1 fully saturated rings. The van der Waals surface area contributed by atoms with E-state index in [0.717, 1.165) is 37.8 Å². The molecular formula is C13H17N3OS. The molecule has 0 saturated carbocycles. The van der Waals surface area contributed by atoms with Crippen LogP contribution < -0.4 is 0 Å². The average Bonchev–Trinajstić information content (AvgIpc) is 3.02. The first kappa shape index (κ1) is 11.9. The van der Waals surface area contributed by atoms with Gasteiger partial charge in [-0.2, -0.15) is 11.3 Å². The third kappa shape index (κ3) is 2.48. The third-order valence-corrected chi connectivity index (χ3v) is 3.98. The van der Waals surface area contributed by atoms with Crippen LogP contribution in [-0.2, 0) is 11.3 Å². The van der Waals surface area contributed by atoms with Gasteiger partial charge in [0.1, 0.15) is 5.82 Å². The van der Waals surface area contributed by atoms with E-state index in [1.807, 2.05) is 13.1 Å². The summed E-state index contributed by atoms with van der Waals surface area (Å²) < 4.78 is 5.60. The lowest BCUT2D eigenvalue weighted by Gasteiger charge is -2.34. The van der Waals surface area contributed by atoms with Gasteiger partial charge in [0.15, 0.2) is 0 Å². The Morgan fingerprint density at radius 1 is 1.61 bits per heavy atom. The van der Waals surface area contributed by atoms with Gasteiger partial charge >= 0.3 is 0 Å². The van der Waals surface area contributed by atoms with Gasteiger partial charge in [0.2, 0.25) is 0 Å². The summed E-state index contributed by atoms with van der Waals surface area (Å²) >= 11 is 1.75. The topological polar surface area (TPSA) is 41.1 Å². The van der Waals surface area contributed by atoms with E-state index in [1.54, 1.807) is 11.3 Å². The highest BCUT2D eigenvalue weighted by Gasteiger charge is 2.26. The number of rotatable bonds is 3. The number of hydrogen-bond donors (Lipinski definition) is 1. The molecule has 0 spiro atoms. The van der Waals surface area contributed by atoms with Gasteiger partial charge in [-0.25, -0.2) is 4.98 Å². The lowest BCUT2D eigenvalue weighted by molar-refractivity contribution is -0.0156. The Morgan fingerprint density at radius 2 is 2.56 bits per heavy atom. The maximum absolute atomic E-state index is 5.60. The van der Waals surface area contributed by atoms with Crippen LogP contribution in [0.2, 0.25) is 0 Å². The number of aromatic amines is 1. The van der Waals surface area contributed by atoms with Crippen molar-refractivity contribution in [2.45, 2.75) is 19.5 Å². The Kier molecular flexibility index (Phi) is 3.45. The van der Waals surface area contributed by atoms with Crippen molar-refractivity contribution in [1.82, 2.24) is 14.9 Å². The van der Waals surface area contributed by atoms with E-state index in [-0.39, 0.29) is 6.04 Å². The van der Waals surface area contributed by atoms with E-state index in [9.17, 15) is 0 Å². The molecule has 0 aromatic carbocycles. The molecule has 0 unspecified atom stereocenters. The van der Waals surface area contributed by atoms with Crippen molar-refractivity contribution in [3.8, 4) is 0 Å². The zero-order valence-corrected chi connectivity index (χ0v) is 11.2. The number of aromatic nitrogens is 2. The second kappa shape index (κ2) is 5.22. The number of nitrogens with zero attached hydrogens (tertiary/aromatic N) is 2. The Hall–Kier alpha value is -1.17. The molecule has 0 amide bonds. The van der Waals surface area contributed by atoms with Crippen LogP contribution in [0.3, 0.4) is 0 Å². The van der Waals surface area contributed by atoms with Crippen molar-refractivity contribution in [2.75, 3.05) is 19.8 Å². The number of H-pyrrole nitrogens is 1. The molecule has 96 valence electrons. The first-order valence-corrected chi connectivity index (χ1v) is 7.11. The van der Waals surface area contributed by atoms with Crippen LogP contribution in [0.15, 0.2) is 23.0 Å². The summed E-state index contributed by atoms with van der Waals surface area (Å²) in [4.78, 5) is 10.2. The molecule has 5 heteroatoms.